The Kier molecular flexibility index (Phi) is 6.86. The van der Waals surface area contributed by atoms with E-state index in [-0.39, 0.29) is 0 Å². The summed E-state index contributed by atoms with van der Waals surface area (Å²) in [5.41, 5.74) is 7.86. The highest BCUT2D eigenvalue weighted by Crippen LogP contribution is 2.44. The Morgan fingerprint density at radius 1 is 0.300 bits per heavy atom. The van der Waals surface area contributed by atoms with Crippen molar-refractivity contribution in [3.05, 3.63) is 164 Å². The van der Waals surface area contributed by atoms with Crippen molar-refractivity contribution < 1.29 is 0 Å². The van der Waals surface area contributed by atoms with Crippen LogP contribution in [0.5, 0.6) is 0 Å². The number of rotatable bonds is 5. The van der Waals surface area contributed by atoms with E-state index in [2.05, 4.69) is 103 Å². The molecule has 10 aromatic rings. The zero-order chi connectivity index (χ0) is 33.0. The fourth-order valence-corrected chi connectivity index (χ4v) is 9.37. The molecular formula is C45H27N3S2. The Labute approximate surface area is 296 Å². The van der Waals surface area contributed by atoms with Gasteiger partial charge in [-0.3, -0.25) is 0 Å². The predicted octanol–water partition coefficient (Wildman–Crippen LogP) is 12.9. The van der Waals surface area contributed by atoms with Crippen molar-refractivity contribution in [1.29, 1.82) is 0 Å². The van der Waals surface area contributed by atoms with Crippen molar-refractivity contribution in [2.75, 3.05) is 0 Å². The average molecular weight is 674 g/mol. The Morgan fingerprint density at radius 2 is 0.800 bits per heavy atom. The number of aromatic nitrogens is 3. The molecule has 234 valence electrons. The zero-order valence-electron chi connectivity index (χ0n) is 26.7. The molecule has 0 N–H and O–H groups in total. The number of fused-ring (bicyclic) bond motifs is 6. The molecule has 0 spiro atoms. The lowest BCUT2D eigenvalue weighted by molar-refractivity contribution is 1.07. The van der Waals surface area contributed by atoms with E-state index < -0.39 is 0 Å². The van der Waals surface area contributed by atoms with Gasteiger partial charge in [0.15, 0.2) is 17.5 Å². The fraction of sp³-hybridized carbons (Fsp3) is 0. The summed E-state index contributed by atoms with van der Waals surface area (Å²) in [7, 11) is 0. The molecule has 0 amide bonds. The van der Waals surface area contributed by atoms with Gasteiger partial charge in [-0.05, 0) is 34.9 Å². The molecule has 0 saturated carbocycles. The highest BCUT2D eigenvalue weighted by Gasteiger charge is 2.17. The second-order valence-electron chi connectivity index (χ2n) is 12.4. The third-order valence-electron chi connectivity index (χ3n) is 9.36. The summed E-state index contributed by atoms with van der Waals surface area (Å²) in [6.45, 7) is 0. The molecule has 0 fully saturated rings. The summed E-state index contributed by atoms with van der Waals surface area (Å²) in [5.74, 6) is 2.00. The van der Waals surface area contributed by atoms with Crippen LogP contribution in [0.3, 0.4) is 0 Å². The maximum Gasteiger partial charge on any atom is 0.164 e. The van der Waals surface area contributed by atoms with Gasteiger partial charge in [-0.1, -0.05) is 146 Å². The molecule has 5 heteroatoms. The molecule has 3 nitrogen and oxygen atoms in total. The van der Waals surface area contributed by atoms with E-state index in [1.54, 1.807) is 0 Å². The van der Waals surface area contributed by atoms with Crippen LogP contribution in [-0.4, -0.2) is 15.0 Å². The molecular weight excluding hydrogens is 647 g/mol. The Morgan fingerprint density at radius 3 is 1.54 bits per heavy atom. The van der Waals surface area contributed by atoms with Crippen molar-refractivity contribution in [2.24, 2.45) is 0 Å². The van der Waals surface area contributed by atoms with Crippen LogP contribution in [0.4, 0.5) is 0 Å². The minimum atomic E-state index is 0.665. The maximum atomic E-state index is 4.99. The average Bonchev–Trinajstić information content (AvgIpc) is 3.76. The largest absolute Gasteiger partial charge is 0.208 e. The minimum absolute atomic E-state index is 0.665. The number of benzene rings is 7. The van der Waals surface area contributed by atoms with E-state index in [0.29, 0.717) is 17.5 Å². The van der Waals surface area contributed by atoms with Crippen molar-refractivity contribution in [3.63, 3.8) is 0 Å². The van der Waals surface area contributed by atoms with E-state index in [4.69, 9.17) is 15.0 Å². The first-order valence-corrected chi connectivity index (χ1v) is 18.2. The summed E-state index contributed by atoms with van der Waals surface area (Å²) in [6.07, 6.45) is 0. The normalized spacial score (nSPS) is 11.6. The number of thiophene rings is 2. The van der Waals surface area contributed by atoms with Gasteiger partial charge in [-0.15, -0.1) is 22.7 Å². The first-order chi connectivity index (χ1) is 24.8. The third-order valence-corrected chi connectivity index (χ3v) is 11.7. The van der Waals surface area contributed by atoms with Crippen LogP contribution >= 0.6 is 22.7 Å². The van der Waals surface area contributed by atoms with E-state index >= 15 is 0 Å². The molecule has 7 aromatic carbocycles. The molecule has 0 aliphatic carbocycles. The van der Waals surface area contributed by atoms with Gasteiger partial charge in [0.1, 0.15) is 0 Å². The lowest BCUT2D eigenvalue weighted by Gasteiger charge is -2.11. The van der Waals surface area contributed by atoms with E-state index in [1.165, 1.54) is 62.6 Å². The summed E-state index contributed by atoms with van der Waals surface area (Å²) in [4.78, 5) is 14.9. The highest BCUT2D eigenvalue weighted by molar-refractivity contribution is 7.26. The van der Waals surface area contributed by atoms with Gasteiger partial charge in [0, 0.05) is 62.6 Å². The molecule has 0 atom stereocenters. The Hall–Kier alpha value is -6.01. The zero-order valence-corrected chi connectivity index (χ0v) is 28.4. The van der Waals surface area contributed by atoms with Crippen LogP contribution in [0.1, 0.15) is 0 Å². The third kappa shape index (κ3) is 4.90. The quantitative estimate of drug-likeness (QED) is 0.182. The van der Waals surface area contributed by atoms with Crippen LogP contribution < -0.4 is 0 Å². The monoisotopic (exact) mass is 673 g/mol. The second-order valence-corrected chi connectivity index (χ2v) is 14.5. The van der Waals surface area contributed by atoms with Crippen LogP contribution in [0.15, 0.2) is 164 Å². The van der Waals surface area contributed by atoms with Crippen LogP contribution in [0.25, 0.3) is 96.8 Å². The predicted molar refractivity (Wildman–Crippen MR) is 213 cm³/mol. The molecule has 0 unspecified atom stereocenters. The minimum Gasteiger partial charge on any atom is -0.208 e. The van der Waals surface area contributed by atoms with Gasteiger partial charge in [-0.2, -0.15) is 0 Å². The molecule has 3 heterocycles. The molecule has 0 aliphatic rings. The number of hydrogen-bond acceptors (Lipinski definition) is 5. The van der Waals surface area contributed by atoms with Gasteiger partial charge in [0.25, 0.3) is 0 Å². The summed E-state index contributed by atoms with van der Waals surface area (Å²) >= 11 is 3.70. The topological polar surface area (TPSA) is 38.7 Å². The first kappa shape index (κ1) is 29.0. The maximum absolute atomic E-state index is 4.99. The van der Waals surface area contributed by atoms with Crippen molar-refractivity contribution >= 4 is 63.0 Å². The first-order valence-electron chi connectivity index (χ1n) is 16.6. The van der Waals surface area contributed by atoms with E-state index in [1.807, 2.05) is 83.3 Å². The van der Waals surface area contributed by atoms with E-state index in [9.17, 15) is 0 Å². The highest BCUT2D eigenvalue weighted by atomic mass is 32.1. The van der Waals surface area contributed by atoms with E-state index in [0.717, 1.165) is 16.7 Å². The Bertz CT molecular complexity index is 2810. The lowest BCUT2D eigenvalue weighted by Crippen LogP contribution is -1.99. The van der Waals surface area contributed by atoms with Gasteiger partial charge in [0.05, 0.1) is 0 Å². The SMILES string of the molecule is c1ccc(-c2nc(-c3ccccc3)nc(-c3ccc4c(c3)sc3c(-c5ccccc5-c5ccc6c(c5)sc5ccccc56)cccc34)n2)cc1. The van der Waals surface area contributed by atoms with Crippen LogP contribution in [0, 0.1) is 0 Å². The molecule has 50 heavy (non-hydrogen) atoms. The standard InChI is InChI=1S/C45H27N3S2/c1-3-12-28(13-4-1)43-46-44(29-14-5-2-6-15-29)48-45(47-43)31-23-25-36-38-20-11-19-37(42(38)50-41(36)27-31)33-17-8-7-16-32(33)30-22-24-35-34-18-9-10-21-39(34)49-40(35)26-30/h1-27H. The Balaban J connectivity index is 1.11. The van der Waals surface area contributed by atoms with Crippen LogP contribution in [0.2, 0.25) is 0 Å². The molecule has 0 aliphatic heterocycles. The van der Waals surface area contributed by atoms with Gasteiger partial charge < -0.3 is 0 Å². The van der Waals surface area contributed by atoms with Gasteiger partial charge in [-0.25, -0.2) is 15.0 Å². The smallest absolute Gasteiger partial charge is 0.164 e. The molecule has 0 saturated heterocycles. The fourth-order valence-electron chi connectivity index (χ4n) is 6.95. The number of nitrogens with zero attached hydrogens (tertiary/aromatic N) is 3. The summed E-state index contributed by atoms with van der Waals surface area (Å²) < 4.78 is 5.13. The van der Waals surface area contributed by atoms with Crippen LogP contribution in [-0.2, 0) is 0 Å². The second kappa shape index (κ2) is 11.8. The van der Waals surface area contributed by atoms with Gasteiger partial charge in [0.2, 0.25) is 0 Å². The van der Waals surface area contributed by atoms with Gasteiger partial charge >= 0.3 is 0 Å². The summed E-state index contributed by atoms with van der Waals surface area (Å²) in [6, 6.07) is 58.0. The molecule has 0 radical (unpaired) electrons. The summed E-state index contributed by atoms with van der Waals surface area (Å²) in [5, 5.41) is 5.14. The van der Waals surface area contributed by atoms with Crippen molar-refractivity contribution in [1.82, 2.24) is 15.0 Å². The van der Waals surface area contributed by atoms with Crippen molar-refractivity contribution in [2.45, 2.75) is 0 Å². The lowest BCUT2D eigenvalue weighted by atomic mass is 9.93. The van der Waals surface area contributed by atoms with Crippen molar-refractivity contribution in [3.8, 4) is 56.4 Å². The molecule has 0 bridgehead atoms. The molecule has 10 rings (SSSR count). The number of hydrogen-bond donors (Lipinski definition) is 0. The molecule has 3 aromatic heterocycles.